The number of nitrogens with one attached hydrogen (secondary N) is 2. The number of benzene rings is 1. The van der Waals surface area contributed by atoms with Crippen LogP contribution in [0.15, 0.2) is 18.2 Å². The second-order valence-electron chi connectivity index (χ2n) is 5.42. The van der Waals surface area contributed by atoms with Crippen molar-refractivity contribution in [2.75, 3.05) is 30.7 Å². The number of nitrogens with two attached hydrogens (primary N) is 1. The molecule has 4 N–H and O–H groups in total. The van der Waals surface area contributed by atoms with Gasteiger partial charge in [-0.3, -0.25) is 4.79 Å². The molecule has 19 heavy (non-hydrogen) atoms. The molecule has 0 radical (unpaired) electrons. The van der Waals surface area contributed by atoms with Crippen LogP contribution < -0.4 is 16.0 Å². The van der Waals surface area contributed by atoms with Gasteiger partial charge in [0, 0.05) is 11.6 Å². The highest BCUT2D eigenvalue weighted by molar-refractivity contribution is 6.34. The maximum absolute atomic E-state index is 12.0. The molecule has 5 heteroatoms. The first-order chi connectivity index (χ1) is 9.04. The van der Waals surface area contributed by atoms with Gasteiger partial charge in [-0.25, -0.2) is 0 Å². The van der Waals surface area contributed by atoms with Gasteiger partial charge in [-0.05, 0) is 31.0 Å². The molecule has 0 aliphatic carbocycles. The first kappa shape index (κ1) is 14.2. The quantitative estimate of drug-likeness (QED) is 0.729. The van der Waals surface area contributed by atoms with Gasteiger partial charge in [-0.2, -0.15) is 0 Å². The molecule has 104 valence electrons. The minimum absolute atomic E-state index is 0.00997. The summed E-state index contributed by atoms with van der Waals surface area (Å²) in [7, 11) is 0. The number of carbonyl (C=O) groups excluding carboxylic acids is 1. The molecule has 1 saturated heterocycles. The van der Waals surface area contributed by atoms with Gasteiger partial charge in [0.25, 0.3) is 5.91 Å². The number of nitrogen functional groups attached to an aromatic ring is 1. The highest BCUT2D eigenvalue weighted by Crippen LogP contribution is 2.23. The highest BCUT2D eigenvalue weighted by atomic mass is 35.5. The second-order valence-corrected chi connectivity index (χ2v) is 5.82. The number of amides is 1. The van der Waals surface area contributed by atoms with E-state index in [1.54, 1.807) is 18.2 Å². The van der Waals surface area contributed by atoms with Gasteiger partial charge in [0.05, 0.1) is 23.8 Å². The predicted octanol–water partition coefficient (Wildman–Crippen LogP) is 1.18. The number of rotatable bonds is 3. The molecule has 0 saturated carbocycles. The molecule has 1 aromatic carbocycles. The SMILES string of the molecule is C[C@H]1CCC[NH+](CC(=O)Nc2ccc(N)cc2Cl)C1. The zero-order valence-electron chi connectivity index (χ0n) is 11.2. The van der Waals surface area contributed by atoms with Crippen molar-refractivity contribution in [3.05, 3.63) is 23.2 Å². The van der Waals surface area contributed by atoms with Crippen molar-refractivity contribution < 1.29 is 9.69 Å². The average Bonchev–Trinajstić information content (AvgIpc) is 2.33. The summed E-state index contributed by atoms with van der Waals surface area (Å²) in [5.74, 6) is 0.715. The van der Waals surface area contributed by atoms with Crippen molar-refractivity contribution in [1.82, 2.24) is 0 Å². The minimum atomic E-state index is 0.00997. The van der Waals surface area contributed by atoms with Gasteiger partial charge in [-0.1, -0.05) is 18.5 Å². The summed E-state index contributed by atoms with van der Waals surface area (Å²) in [6, 6.07) is 5.12. The Morgan fingerprint density at radius 1 is 1.58 bits per heavy atom. The van der Waals surface area contributed by atoms with Crippen LogP contribution in [-0.2, 0) is 4.79 Å². The molecule has 2 atom stereocenters. The van der Waals surface area contributed by atoms with E-state index in [4.69, 9.17) is 17.3 Å². The third kappa shape index (κ3) is 4.11. The number of hydrogen-bond acceptors (Lipinski definition) is 2. The Bertz CT molecular complexity index is 464. The molecule has 0 bridgehead atoms. The Morgan fingerprint density at radius 2 is 2.37 bits per heavy atom. The smallest absolute Gasteiger partial charge is 0.279 e. The Balaban J connectivity index is 1.90. The molecule has 1 aliphatic heterocycles. The Labute approximate surface area is 118 Å². The van der Waals surface area contributed by atoms with E-state index in [-0.39, 0.29) is 5.91 Å². The van der Waals surface area contributed by atoms with Crippen LogP contribution in [0.4, 0.5) is 11.4 Å². The van der Waals surface area contributed by atoms with E-state index in [1.807, 2.05) is 0 Å². The van der Waals surface area contributed by atoms with Gasteiger partial charge in [0.15, 0.2) is 6.54 Å². The van der Waals surface area contributed by atoms with Crippen molar-refractivity contribution in [2.45, 2.75) is 19.8 Å². The van der Waals surface area contributed by atoms with Gasteiger partial charge in [0.2, 0.25) is 0 Å². The molecule has 0 aromatic heterocycles. The van der Waals surface area contributed by atoms with Gasteiger partial charge in [-0.15, -0.1) is 0 Å². The lowest BCUT2D eigenvalue weighted by Gasteiger charge is -2.27. The predicted molar refractivity (Wildman–Crippen MR) is 78.5 cm³/mol. The molecular formula is C14H21ClN3O+. The fourth-order valence-corrected chi connectivity index (χ4v) is 2.85. The van der Waals surface area contributed by atoms with Crippen LogP contribution in [-0.4, -0.2) is 25.5 Å². The van der Waals surface area contributed by atoms with Crippen molar-refractivity contribution in [3.63, 3.8) is 0 Å². The molecule has 1 aliphatic rings. The number of anilines is 2. The zero-order valence-corrected chi connectivity index (χ0v) is 12.0. The van der Waals surface area contributed by atoms with Gasteiger partial charge >= 0.3 is 0 Å². The summed E-state index contributed by atoms with van der Waals surface area (Å²) in [6.45, 7) is 4.90. The molecule has 1 amide bonds. The Kier molecular flexibility index (Phi) is 4.66. The molecule has 1 fully saturated rings. The molecule has 4 nitrogen and oxygen atoms in total. The summed E-state index contributed by atoms with van der Waals surface area (Å²) in [5, 5.41) is 3.33. The number of likely N-dealkylation sites (tertiary alicyclic amines) is 1. The van der Waals surface area contributed by atoms with E-state index in [2.05, 4.69) is 12.2 Å². The van der Waals surface area contributed by atoms with Crippen LogP contribution in [0.2, 0.25) is 5.02 Å². The van der Waals surface area contributed by atoms with E-state index in [0.29, 0.717) is 28.9 Å². The average molecular weight is 283 g/mol. The second kappa shape index (κ2) is 6.26. The maximum Gasteiger partial charge on any atom is 0.279 e. The summed E-state index contributed by atoms with van der Waals surface area (Å²) < 4.78 is 0. The normalized spacial score (nSPS) is 23.1. The van der Waals surface area contributed by atoms with E-state index in [9.17, 15) is 4.79 Å². The standard InChI is InChI=1S/C14H20ClN3O/c1-10-3-2-6-18(8-10)9-14(19)17-13-5-4-11(16)7-12(13)15/h4-5,7,10H,2-3,6,8-9,16H2,1H3,(H,17,19)/p+1/t10-/m0/s1. The molecule has 0 spiro atoms. The van der Waals surface area contributed by atoms with Gasteiger partial charge < -0.3 is 16.0 Å². The fraction of sp³-hybridized carbons (Fsp3) is 0.500. The van der Waals surface area contributed by atoms with E-state index in [1.165, 1.54) is 17.7 Å². The molecule has 1 unspecified atom stereocenters. The first-order valence-electron chi connectivity index (χ1n) is 6.73. The van der Waals surface area contributed by atoms with E-state index >= 15 is 0 Å². The van der Waals surface area contributed by atoms with Gasteiger partial charge in [0.1, 0.15) is 0 Å². The van der Waals surface area contributed by atoms with Crippen LogP contribution in [0, 0.1) is 5.92 Å². The number of quaternary nitrogens is 1. The third-order valence-electron chi connectivity index (χ3n) is 3.54. The molecular weight excluding hydrogens is 262 g/mol. The topological polar surface area (TPSA) is 59.6 Å². The van der Waals surface area contributed by atoms with Crippen LogP contribution in [0.25, 0.3) is 0 Å². The monoisotopic (exact) mass is 282 g/mol. The summed E-state index contributed by atoms with van der Waals surface area (Å²) in [4.78, 5) is 13.4. The Morgan fingerprint density at radius 3 is 3.05 bits per heavy atom. The van der Waals surface area contributed by atoms with Crippen LogP contribution in [0.5, 0.6) is 0 Å². The number of halogens is 1. The third-order valence-corrected chi connectivity index (χ3v) is 3.85. The van der Waals surface area contributed by atoms with Crippen molar-refractivity contribution in [3.8, 4) is 0 Å². The first-order valence-corrected chi connectivity index (χ1v) is 7.11. The maximum atomic E-state index is 12.0. The molecule has 1 heterocycles. The van der Waals surface area contributed by atoms with Crippen molar-refractivity contribution in [1.29, 1.82) is 0 Å². The number of piperidine rings is 1. The summed E-state index contributed by atoms with van der Waals surface area (Å²) in [5.41, 5.74) is 6.85. The van der Waals surface area contributed by atoms with E-state index in [0.717, 1.165) is 13.1 Å². The molecule has 2 rings (SSSR count). The lowest BCUT2D eigenvalue weighted by atomic mass is 10.0. The lowest BCUT2D eigenvalue weighted by molar-refractivity contribution is -0.900. The van der Waals surface area contributed by atoms with Crippen molar-refractivity contribution in [2.24, 2.45) is 5.92 Å². The fourth-order valence-electron chi connectivity index (χ4n) is 2.61. The Hall–Kier alpha value is -1.26. The number of carbonyl (C=O) groups is 1. The largest absolute Gasteiger partial charge is 0.399 e. The van der Waals surface area contributed by atoms with Crippen LogP contribution in [0.1, 0.15) is 19.8 Å². The minimum Gasteiger partial charge on any atom is -0.399 e. The van der Waals surface area contributed by atoms with E-state index < -0.39 is 0 Å². The lowest BCUT2D eigenvalue weighted by Crippen LogP contribution is -3.14. The summed E-state index contributed by atoms with van der Waals surface area (Å²) in [6.07, 6.45) is 2.47. The van der Waals surface area contributed by atoms with Crippen LogP contribution >= 0.6 is 11.6 Å². The molecule has 1 aromatic rings. The highest BCUT2D eigenvalue weighted by Gasteiger charge is 2.22. The number of hydrogen-bond donors (Lipinski definition) is 3. The zero-order chi connectivity index (χ0) is 13.8. The summed E-state index contributed by atoms with van der Waals surface area (Å²) >= 11 is 6.04. The van der Waals surface area contributed by atoms with Crippen LogP contribution in [0.3, 0.4) is 0 Å². The van der Waals surface area contributed by atoms with Crippen molar-refractivity contribution >= 4 is 28.9 Å².